The van der Waals surface area contributed by atoms with Crippen molar-refractivity contribution >= 4 is 12.1 Å². The highest BCUT2D eigenvalue weighted by Crippen LogP contribution is 2.12. The van der Waals surface area contributed by atoms with E-state index < -0.39 is 0 Å². The van der Waals surface area contributed by atoms with Gasteiger partial charge < -0.3 is 4.79 Å². The number of hydrogen-bond acceptors (Lipinski definition) is 2. The number of aryl methyl sites for hydroxylation is 1. The van der Waals surface area contributed by atoms with Gasteiger partial charge in [0.2, 0.25) is 0 Å². The second-order valence-corrected chi connectivity index (χ2v) is 4.26. The third kappa shape index (κ3) is 3.61. The summed E-state index contributed by atoms with van der Waals surface area (Å²) in [4.78, 5) is 22.0. The van der Waals surface area contributed by atoms with Crippen LogP contribution in [0.15, 0.2) is 24.3 Å². The molecule has 2 heteroatoms. The molecule has 0 atom stereocenters. The van der Waals surface area contributed by atoms with Gasteiger partial charge in [0.05, 0.1) is 0 Å². The molecule has 0 aliphatic heterocycles. The monoisotopic (exact) mass is 218 g/mol. The van der Waals surface area contributed by atoms with E-state index in [1.165, 1.54) is 0 Å². The molecule has 0 heterocycles. The fourth-order valence-corrected chi connectivity index (χ4v) is 1.64. The Morgan fingerprint density at radius 1 is 1.25 bits per heavy atom. The molecule has 0 N–H and O–H groups in total. The molecule has 86 valence electrons. The summed E-state index contributed by atoms with van der Waals surface area (Å²) in [7, 11) is 0. The van der Waals surface area contributed by atoms with Crippen molar-refractivity contribution in [3.8, 4) is 0 Å². The second kappa shape index (κ2) is 6.21. The van der Waals surface area contributed by atoms with E-state index in [1.54, 1.807) is 0 Å². The van der Waals surface area contributed by atoms with E-state index in [9.17, 15) is 9.59 Å². The summed E-state index contributed by atoms with van der Waals surface area (Å²) in [6.45, 7) is 3.83. The number of benzene rings is 1. The quantitative estimate of drug-likeness (QED) is 0.688. The number of aldehydes is 1. The van der Waals surface area contributed by atoms with Gasteiger partial charge in [-0.05, 0) is 17.5 Å². The minimum absolute atomic E-state index is 0.0956. The lowest BCUT2D eigenvalue weighted by Crippen LogP contribution is -2.08. The van der Waals surface area contributed by atoms with E-state index in [0.29, 0.717) is 12.8 Å². The zero-order valence-electron chi connectivity index (χ0n) is 9.90. The van der Waals surface area contributed by atoms with Gasteiger partial charge in [0, 0.05) is 18.8 Å². The van der Waals surface area contributed by atoms with Crippen LogP contribution < -0.4 is 0 Å². The Bertz CT molecular complexity index is 367. The average molecular weight is 218 g/mol. The van der Waals surface area contributed by atoms with Crippen molar-refractivity contribution in [2.24, 2.45) is 5.92 Å². The van der Waals surface area contributed by atoms with Crippen LogP contribution in [0.4, 0.5) is 0 Å². The van der Waals surface area contributed by atoms with Crippen LogP contribution >= 0.6 is 0 Å². The van der Waals surface area contributed by atoms with Crippen LogP contribution in [0.25, 0.3) is 0 Å². The lowest BCUT2D eigenvalue weighted by Gasteiger charge is -2.07. The molecule has 0 amide bonds. The summed E-state index contributed by atoms with van der Waals surface area (Å²) in [5.41, 5.74) is 2.15. The van der Waals surface area contributed by atoms with Crippen molar-refractivity contribution in [1.82, 2.24) is 0 Å². The normalized spacial score (nSPS) is 10.4. The first-order valence-corrected chi connectivity index (χ1v) is 5.68. The molecule has 1 aromatic carbocycles. The number of Topliss-reactive ketones (excluding diaryl/α,β-unsaturated/α-hetero) is 1. The van der Waals surface area contributed by atoms with Crippen molar-refractivity contribution in [2.75, 3.05) is 0 Å². The van der Waals surface area contributed by atoms with Crippen LogP contribution in [0.1, 0.15) is 31.4 Å². The Labute approximate surface area is 96.7 Å². The van der Waals surface area contributed by atoms with E-state index >= 15 is 0 Å². The summed E-state index contributed by atoms with van der Waals surface area (Å²) >= 11 is 0. The van der Waals surface area contributed by atoms with Crippen LogP contribution in [-0.2, 0) is 22.4 Å². The SMILES string of the molecule is CC(C)C(=O)CCc1ccccc1CC=O. The van der Waals surface area contributed by atoms with Crippen molar-refractivity contribution in [1.29, 1.82) is 0 Å². The zero-order chi connectivity index (χ0) is 12.0. The fraction of sp³-hybridized carbons (Fsp3) is 0.429. The lowest BCUT2D eigenvalue weighted by molar-refractivity contribution is -0.121. The van der Waals surface area contributed by atoms with Gasteiger partial charge in [-0.2, -0.15) is 0 Å². The molecule has 0 aromatic heterocycles. The molecule has 0 aliphatic carbocycles. The van der Waals surface area contributed by atoms with E-state index in [1.807, 2.05) is 38.1 Å². The summed E-state index contributed by atoms with van der Waals surface area (Å²) in [5, 5.41) is 0. The van der Waals surface area contributed by atoms with Crippen molar-refractivity contribution in [3.63, 3.8) is 0 Å². The van der Waals surface area contributed by atoms with E-state index in [2.05, 4.69) is 0 Å². The highest BCUT2D eigenvalue weighted by molar-refractivity contribution is 5.80. The van der Waals surface area contributed by atoms with Gasteiger partial charge in [-0.25, -0.2) is 0 Å². The minimum Gasteiger partial charge on any atom is -0.303 e. The Balaban J connectivity index is 2.65. The summed E-state index contributed by atoms with van der Waals surface area (Å²) in [6, 6.07) is 7.81. The molecule has 16 heavy (non-hydrogen) atoms. The minimum atomic E-state index is 0.0956. The molecule has 0 radical (unpaired) electrons. The molecule has 0 aliphatic rings. The van der Waals surface area contributed by atoms with Crippen molar-refractivity contribution in [2.45, 2.75) is 33.1 Å². The summed E-state index contributed by atoms with van der Waals surface area (Å²) in [6.07, 6.45) is 2.64. The lowest BCUT2D eigenvalue weighted by atomic mass is 9.97. The van der Waals surface area contributed by atoms with Gasteiger partial charge in [0.15, 0.2) is 0 Å². The first-order valence-electron chi connectivity index (χ1n) is 5.68. The number of ketones is 1. The van der Waals surface area contributed by atoms with Crippen LogP contribution in [-0.4, -0.2) is 12.1 Å². The largest absolute Gasteiger partial charge is 0.303 e. The molecule has 2 nitrogen and oxygen atoms in total. The van der Waals surface area contributed by atoms with Crippen molar-refractivity contribution in [3.05, 3.63) is 35.4 Å². The van der Waals surface area contributed by atoms with E-state index in [4.69, 9.17) is 0 Å². The molecule has 0 spiro atoms. The van der Waals surface area contributed by atoms with Gasteiger partial charge in [0.1, 0.15) is 12.1 Å². The zero-order valence-corrected chi connectivity index (χ0v) is 9.90. The van der Waals surface area contributed by atoms with Gasteiger partial charge >= 0.3 is 0 Å². The topological polar surface area (TPSA) is 34.1 Å². The fourth-order valence-electron chi connectivity index (χ4n) is 1.64. The summed E-state index contributed by atoms with van der Waals surface area (Å²) in [5.74, 6) is 0.374. The van der Waals surface area contributed by atoms with Crippen LogP contribution in [0, 0.1) is 5.92 Å². The highest BCUT2D eigenvalue weighted by atomic mass is 16.1. The molecule has 1 aromatic rings. The number of hydrogen-bond donors (Lipinski definition) is 0. The standard InChI is InChI=1S/C14H18O2/c1-11(2)14(16)8-7-12-5-3-4-6-13(12)9-10-15/h3-6,10-11H,7-9H2,1-2H3. The smallest absolute Gasteiger partial charge is 0.135 e. The molecular weight excluding hydrogens is 200 g/mol. The van der Waals surface area contributed by atoms with Crippen LogP contribution in [0.3, 0.4) is 0 Å². The Hall–Kier alpha value is -1.44. The van der Waals surface area contributed by atoms with Gasteiger partial charge in [-0.15, -0.1) is 0 Å². The van der Waals surface area contributed by atoms with Gasteiger partial charge in [0.25, 0.3) is 0 Å². The molecule has 0 fully saturated rings. The molecular formula is C14H18O2. The average Bonchev–Trinajstić information content (AvgIpc) is 2.27. The first-order chi connectivity index (χ1) is 7.65. The summed E-state index contributed by atoms with van der Waals surface area (Å²) < 4.78 is 0. The van der Waals surface area contributed by atoms with Gasteiger partial charge in [-0.3, -0.25) is 4.79 Å². The highest BCUT2D eigenvalue weighted by Gasteiger charge is 2.08. The second-order valence-electron chi connectivity index (χ2n) is 4.26. The predicted molar refractivity (Wildman–Crippen MR) is 64.4 cm³/mol. The number of rotatable bonds is 6. The molecule has 0 unspecified atom stereocenters. The third-order valence-electron chi connectivity index (χ3n) is 2.71. The molecule has 0 bridgehead atoms. The molecule has 0 saturated carbocycles. The van der Waals surface area contributed by atoms with E-state index in [-0.39, 0.29) is 11.7 Å². The van der Waals surface area contributed by atoms with Crippen LogP contribution in [0.2, 0.25) is 0 Å². The number of carbonyl (C=O) groups excluding carboxylic acids is 2. The Kier molecular flexibility index (Phi) is 4.90. The van der Waals surface area contributed by atoms with E-state index in [0.717, 1.165) is 23.8 Å². The van der Waals surface area contributed by atoms with Crippen LogP contribution in [0.5, 0.6) is 0 Å². The van der Waals surface area contributed by atoms with Crippen molar-refractivity contribution < 1.29 is 9.59 Å². The maximum atomic E-state index is 11.5. The maximum Gasteiger partial charge on any atom is 0.135 e. The van der Waals surface area contributed by atoms with Gasteiger partial charge in [-0.1, -0.05) is 38.1 Å². The maximum absolute atomic E-state index is 11.5. The Morgan fingerprint density at radius 2 is 1.88 bits per heavy atom. The third-order valence-corrected chi connectivity index (χ3v) is 2.71. The molecule has 0 saturated heterocycles. The predicted octanol–water partition coefficient (Wildman–Crippen LogP) is 2.59. The molecule has 1 rings (SSSR count). The number of carbonyl (C=O) groups is 2. The first kappa shape index (κ1) is 12.6. The Morgan fingerprint density at radius 3 is 2.44 bits per heavy atom.